The number of carbonyl (C=O) groups excluding carboxylic acids is 2. The molecule has 6 nitrogen and oxygen atoms in total. The number of ether oxygens (including phenoxy) is 1. The maximum absolute atomic E-state index is 12.9. The molecule has 4 aromatic rings. The minimum absolute atomic E-state index is 0.0458. The van der Waals surface area contributed by atoms with Gasteiger partial charge in [0.25, 0.3) is 0 Å². The number of halogens is 1. The number of thiophene rings is 1. The number of benzene rings is 2. The van der Waals surface area contributed by atoms with Crippen molar-refractivity contribution in [3.63, 3.8) is 0 Å². The summed E-state index contributed by atoms with van der Waals surface area (Å²) < 4.78 is 7.62. The third-order valence-corrected chi connectivity index (χ3v) is 10.3. The number of carbonyl (C=O) groups is 2. The Labute approximate surface area is 236 Å². The first-order valence-corrected chi connectivity index (χ1v) is 14.8. The van der Waals surface area contributed by atoms with Crippen LogP contribution in [-0.4, -0.2) is 41.4 Å². The summed E-state index contributed by atoms with van der Waals surface area (Å²) in [7, 11) is 0. The summed E-state index contributed by atoms with van der Waals surface area (Å²) in [5, 5.41) is 6.06. The fourth-order valence-electron chi connectivity index (χ4n) is 6.50. The zero-order chi connectivity index (χ0) is 26.9. The van der Waals surface area contributed by atoms with Crippen LogP contribution in [0.3, 0.4) is 0 Å². The molecule has 200 valence electrons. The van der Waals surface area contributed by atoms with Gasteiger partial charge in [0.1, 0.15) is 5.75 Å². The van der Waals surface area contributed by atoms with E-state index in [-0.39, 0.29) is 29.1 Å². The minimum atomic E-state index is -0.209. The van der Waals surface area contributed by atoms with Gasteiger partial charge in [0, 0.05) is 38.0 Å². The van der Waals surface area contributed by atoms with Crippen molar-refractivity contribution in [3.05, 3.63) is 58.6 Å². The van der Waals surface area contributed by atoms with Crippen molar-refractivity contribution in [2.75, 3.05) is 19.7 Å². The topological polar surface area (TPSA) is 71.5 Å². The fraction of sp³-hybridized carbons (Fsp3) is 0.387. The number of imide groups is 1. The summed E-state index contributed by atoms with van der Waals surface area (Å²) in [6.07, 6.45) is 4.00. The lowest BCUT2D eigenvalue weighted by atomic mass is 9.98. The molecule has 3 aliphatic rings. The van der Waals surface area contributed by atoms with E-state index in [0.717, 1.165) is 68.7 Å². The number of nitrogens with one attached hydrogen (secondary N) is 1. The van der Waals surface area contributed by atoms with Gasteiger partial charge in [0.2, 0.25) is 11.8 Å². The van der Waals surface area contributed by atoms with E-state index >= 15 is 0 Å². The number of pyridine rings is 1. The lowest BCUT2D eigenvalue weighted by Crippen LogP contribution is -2.35. The van der Waals surface area contributed by atoms with Crippen LogP contribution < -0.4 is 10.1 Å². The van der Waals surface area contributed by atoms with Crippen LogP contribution in [0.5, 0.6) is 5.75 Å². The molecule has 2 aromatic carbocycles. The first-order chi connectivity index (χ1) is 18.8. The van der Waals surface area contributed by atoms with E-state index in [0.29, 0.717) is 24.1 Å². The average molecular weight is 560 g/mol. The summed E-state index contributed by atoms with van der Waals surface area (Å²) >= 11 is 8.39. The van der Waals surface area contributed by atoms with Crippen LogP contribution in [0, 0.1) is 23.2 Å². The number of nitrogens with zero attached hydrogens (tertiary/aromatic N) is 2. The van der Waals surface area contributed by atoms with Gasteiger partial charge in [-0.15, -0.1) is 11.3 Å². The minimum Gasteiger partial charge on any atom is -0.492 e. The first-order valence-electron chi connectivity index (χ1n) is 13.6. The number of fused-ring (bicyclic) bond motifs is 3. The zero-order valence-electron chi connectivity index (χ0n) is 22.0. The summed E-state index contributed by atoms with van der Waals surface area (Å²) in [6, 6.07) is 14.1. The molecule has 2 saturated heterocycles. The predicted octanol–water partition coefficient (Wildman–Crippen LogP) is 6.29. The molecule has 1 N–H and O–H groups in total. The van der Waals surface area contributed by atoms with Crippen LogP contribution in [0.1, 0.15) is 31.6 Å². The van der Waals surface area contributed by atoms with Crippen LogP contribution in [0.4, 0.5) is 0 Å². The normalized spacial score (nSPS) is 22.6. The maximum Gasteiger partial charge on any atom is 0.234 e. The number of hydrogen-bond acceptors (Lipinski definition) is 6. The quantitative estimate of drug-likeness (QED) is 0.281. The van der Waals surface area contributed by atoms with Crippen LogP contribution >= 0.6 is 22.9 Å². The SMILES string of the molecule is CC1(C)C2C(=O)N(Cc3cc4nccc(-c5cc(Cl)c6ccccc6c5OCC5CCNCC5)c4s3)C(=O)C21. The Morgan fingerprint density at radius 2 is 1.77 bits per heavy atom. The molecule has 2 aromatic heterocycles. The van der Waals surface area contributed by atoms with Crippen molar-refractivity contribution >= 4 is 55.7 Å². The van der Waals surface area contributed by atoms with Gasteiger partial charge in [0.05, 0.1) is 35.2 Å². The Bertz CT molecular complexity index is 1620. The lowest BCUT2D eigenvalue weighted by Gasteiger charge is -2.24. The van der Waals surface area contributed by atoms with Crippen LogP contribution in [0.2, 0.25) is 5.02 Å². The number of rotatable bonds is 6. The summed E-state index contributed by atoms with van der Waals surface area (Å²) in [6.45, 7) is 6.99. The van der Waals surface area contributed by atoms with E-state index in [1.54, 1.807) is 17.5 Å². The predicted molar refractivity (Wildman–Crippen MR) is 155 cm³/mol. The average Bonchev–Trinajstić information content (AvgIpc) is 3.18. The Hall–Kier alpha value is -3.00. The second-order valence-electron chi connectivity index (χ2n) is 11.6. The van der Waals surface area contributed by atoms with E-state index in [1.807, 2.05) is 50.2 Å². The second-order valence-corrected chi connectivity index (χ2v) is 13.2. The zero-order valence-corrected chi connectivity index (χ0v) is 23.6. The van der Waals surface area contributed by atoms with Crippen molar-refractivity contribution < 1.29 is 14.3 Å². The van der Waals surface area contributed by atoms with E-state index in [9.17, 15) is 9.59 Å². The van der Waals surface area contributed by atoms with Gasteiger partial charge in [0.15, 0.2) is 0 Å². The van der Waals surface area contributed by atoms with Gasteiger partial charge >= 0.3 is 0 Å². The molecule has 39 heavy (non-hydrogen) atoms. The van der Waals surface area contributed by atoms with Crippen molar-refractivity contribution in [2.45, 2.75) is 33.2 Å². The number of piperidine rings is 2. The highest BCUT2D eigenvalue weighted by Crippen LogP contribution is 2.63. The van der Waals surface area contributed by atoms with Gasteiger partial charge in [-0.3, -0.25) is 19.5 Å². The molecule has 4 heterocycles. The van der Waals surface area contributed by atoms with Crippen LogP contribution in [0.15, 0.2) is 48.7 Å². The van der Waals surface area contributed by atoms with Crippen molar-refractivity contribution in [1.82, 2.24) is 15.2 Å². The lowest BCUT2D eigenvalue weighted by molar-refractivity contribution is -0.143. The van der Waals surface area contributed by atoms with Gasteiger partial charge in [-0.1, -0.05) is 49.7 Å². The van der Waals surface area contributed by atoms with Crippen molar-refractivity contribution in [3.8, 4) is 16.9 Å². The van der Waals surface area contributed by atoms with Gasteiger partial charge in [-0.05, 0) is 55.5 Å². The molecular formula is C31H30ClN3O3S. The molecule has 0 radical (unpaired) electrons. The molecule has 2 amide bonds. The number of aromatic nitrogens is 1. The summed E-state index contributed by atoms with van der Waals surface area (Å²) in [5.74, 6) is 0.903. The monoisotopic (exact) mass is 559 g/mol. The van der Waals surface area contributed by atoms with E-state index in [1.165, 1.54) is 4.90 Å². The third kappa shape index (κ3) is 4.05. The Balaban J connectivity index is 1.27. The molecule has 7 rings (SSSR count). The van der Waals surface area contributed by atoms with E-state index < -0.39 is 0 Å². The molecule has 2 unspecified atom stereocenters. The summed E-state index contributed by atoms with van der Waals surface area (Å²) in [5.41, 5.74) is 2.56. The molecule has 2 aliphatic heterocycles. The smallest absolute Gasteiger partial charge is 0.234 e. The Kier molecular flexibility index (Phi) is 5.95. The third-order valence-electron chi connectivity index (χ3n) is 8.83. The molecular weight excluding hydrogens is 530 g/mol. The van der Waals surface area contributed by atoms with E-state index in [2.05, 4.69) is 16.4 Å². The second kappa shape index (κ2) is 9.29. The number of amides is 2. The van der Waals surface area contributed by atoms with Gasteiger partial charge in [-0.25, -0.2) is 0 Å². The highest BCUT2D eigenvalue weighted by molar-refractivity contribution is 7.19. The highest BCUT2D eigenvalue weighted by Gasteiger charge is 2.72. The maximum atomic E-state index is 12.9. The van der Waals surface area contributed by atoms with Gasteiger partial charge < -0.3 is 10.1 Å². The first kappa shape index (κ1) is 25.0. The van der Waals surface area contributed by atoms with Crippen LogP contribution in [-0.2, 0) is 16.1 Å². The van der Waals surface area contributed by atoms with E-state index in [4.69, 9.17) is 16.3 Å². The molecule has 3 fully saturated rings. The molecule has 0 bridgehead atoms. The van der Waals surface area contributed by atoms with Gasteiger partial charge in [-0.2, -0.15) is 0 Å². The molecule has 2 atom stereocenters. The Morgan fingerprint density at radius 1 is 1.05 bits per heavy atom. The number of likely N-dealkylation sites (tertiary alicyclic amines) is 1. The number of hydrogen-bond donors (Lipinski definition) is 1. The molecule has 1 aliphatic carbocycles. The Morgan fingerprint density at radius 3 is 2.51 bits per heavy atom. The molecule has 0 spiro atoms. The van der Waals surface area contributed by atoms with Crippen molar-refractivity contribution in [1.29, 1.82) is 0 Å². The molecule has 1 saturated carbocycles. The highest BCUT2D eigenvalue weighted by atomic mass is 35.5. The standard InChI is InChI=1S/C31H30ClN3O3S/c1-31(2)25-26(31)30(37)35(29(25)36)15-18-13-24-28(39-18)21(9-12-34-24)22-14-23(32)19-5-3-4-6-20(19)27(22)38-16-17-7-10-33-11-8-17/h3-6,9,12-14,17,25-26,33H,7-8,10-11,15-16H2,1-2H3. The molecule has 8 heteroatoms. The van der Waals surface area contributed by atoms with Crippen LogP contribution in [0.25, 0.3) is 32.1 Å². The largest absolute Gasteiger partial charge is 0.492 e. The fourth-order valence-corrected chi connectivity index (χ4v) is 7.91. The van der Waals surface area contributed by atoms with Crippen molar-refractivity contribution in [2.24, 2.45) is 23.2 Å². The summed E-state index contributed by atoms with van der Waals surface area (Å²) in [4.78, 5) is 32.9.